The van der Waals surface area contributed by atoms with Crippen molar-refractivity contribution in [2.75, 3.05) is 12.4 Å². The van der Waals surface area contributed by atoms with Crippen molar-refractivity contribution in [3.8, 4) is 5.75 Å². The molecular weight excluding hydrogens is 248 g/mol. The molecule has 0 radical (unpaired) electrons. The van der Waals surface area contributed by atoms with Crippen molar-refractivity contribution in [2.45, 2.75) is 19.8 Å². The van der Waals surface area contributed by atoms with Crippen LogP contribution in [-0.4, -0.2) is 20.8 Å². The van der Waals surface area contributed by atoms with Crippen molar-refractivity contribution in [1.82, 2.24) is 0 Å². The topological polar surface area (TPSA) is 43.4 Å². The largest absolute Gasteiger partial charge is 0.493 e. The summed E-state index contributed by atoms with van der Waals surface area (Å²) in [5.74, 6) is 0.764. The summed E-state index contributed by atoms with van der Waals surface area (Å²) in [5, 5.41) is 0. The molecule has 0 atom stereocenters. The van der Waals surface area contributed by atoms with E-state index in [9.17, 15) is 8.42 Å². The van der Waals surface area contributed by atoms with Crippen molar-refractivity contribution >= 4 is 19.7 Å². The van der Waals surface area contributed by atoms with Gasteiger partial charge in [0.2, 0.25) is 9.05 Å². The minimum atomic E-state index is -3.40. The minimum absolute atomic E-state index is 0.0527. The molecule has 0 saturated heterocycles. The van der Waals surface area contributed by atoms with E-state index in [-0.39, 0.29) is 5.75 Å². The van der Waals surface area contributed by atoms with Gasteiger partial charge in [0, 0.05) is 10.7 Å². The predicted molar refractivity (Wildman–Crippen MR) is 65.6 cm³/mol. The number of halogens is 1. The summed E-state index contributed by atoms with van der Waals surface area (Å²) in [4.78, 5) is 0. The van der Waals surface area contributed by atoms with E-state index in [1.54, 1.807) is 0 Å². The molecule has 0 aromatic heterocycles. The lowest BCUT2D eigenvalue weighted by atomic mass is 10.1. The fourth-order valence-corrected chi connectivity index (χ4v) is 2.14. The van der Waals surface area contributed by atoms with Crippen LogP contribution in [0, 0.1) is 0 Å². The summed E-state index contributed by atoms with van der Waals surface area (Å²) in [5.41, 5.74) is 1.12. The average molecular weight is 263 g/mol. The van der Waals surface area contributed by atoms with E-state index in [2.05, 4.69) is 0 Å². The lowest BCUT2D eigenvalue weighted by molar-refractivity contribution is 0.315. The molecule has 0 aliphatic carbocycles. The predicted octanol–water partition coefficient (Wildman–Crippen LogP) is 2.59. The highest BCUT2D eigenvalue weighted by Gasteiger charge is 2.05. The number of aryl methyl sites for hydroxylation is 1. The first kappa shape index (κ1) is 13.3. The van der Waals surface area contributed by atoms with Crippen LogP contribution in [0.3, 0.4) is 0 Å². The van der Waals surface area contributed by atoms with Crippen LogP contribution in [-0.2, 0) is 15.5 Å². The highest BCUT2D eigenvalue weighted by atomic mass is 35.7. The highest BCUT2D eigenvalue weighted by molar-refractivity contribution is 8.13. The van der Waals surface area contributed by atoms with E-state index in [1.165, 1.54) is 0 Å². The summed E-state index contributed by atoms with van der Waals surface area (Å²) in [6, 6.07) is 7.73. The van der Waals surface area contributed by atoms with E-state index in [1.807, 2.05) is 31.2 Å². The second-order valence-electron chi connectivity index (χ2n) is 3.41. The maximum atomic E-state index is 10.7. The molecule has 16 heavy (non-hydrogen) atoms. The van der Waals surface area contributed by atoms with Gasteiger partial charge >= 0.3 is 0 Å². The Bertz CT molecular complexity index is 429. The molecule has 3 nitrogen and oxygen atoms in total. The number of rotatable bonds is 6. The number of ether oxygens (including phenoxy) is 1. The van der Waals surface area contributed by atoms with Gasteiger partial charge in [-0.15, -0.1) is 0 Å². The molecule has 1 aromatic rings. The van der Waals surface area contributed by atoms with Gasteiger partial charge in [0.15, 0.2) is 0 Å². The monoisotopic (exact) mass is 262 g/mol. The molecule has 0 spiro atoms. The third-order valence-corrected chi connectivity index (χ3v) is 3.38. The number of hydrogen-bond acceptors (Lipinski definition) is 3. The molecular formula is C11H15ClO3S. The first-order chi connectivity index (χ1) is 7.53. The summed E-state index contributed by atoms with van der Waals surface area (Å²) >= 11 is 0. The molecule has 0 heterocycles. The average Bonchev–Trinajstić information content (AvgIpc) is 2.23. The maximum absolute atomic E-state index is 10.7. The quantitative estimate of drug-likeness (QED) is 0.585. The third kappa shape index (κ3) is 4.86. The van der Waals surface area contributed by atoms with Gasteiger partial charge in [-0.25, -0.2) is 8.42 Å². The Labute approximate surface area is 101 Å². The minimum Gasteiger partial charge on any atom is -0.493 e. The Balaban J connectivity index is 2.43. The Morgan fingerprint density at radius 3 is 2.62 bits per heavy atom. The van der Waals surface area contributed by atoms with Gasteiger partial charge in [0.25, 0.3) is 0 Å². The smallest absolute Gasteiger partial charge is 0.232 e. The second-order valence-corrected chi connectivity index (χ2v) is 6.30. The van der Waals surface area contributed by atoms with Crippen molar-refractivity contribution in [2.24, 2.45) is 0 Å². The van der Waals surface area contributed by atoms with E-state index in [4.69, 9.17) is 15.4 Å². The maximum Gasteiger partial charge on any atom is 0.232 e. The van der Waals surface area contributed by atoms with Gasteiger partial charge < -0.3 is 4.74 Å². The number of benzene rings is 1. The van der Waals surface area contributed by atoms with Crippen LogP contribution in [0.15, 0.2) is 24.3 Å². The Hall–Kier alpha value is -0.740. The van der Waals surface area contributed by atoms with Gasteiger partial charge in [0.05, 0.1) is 12.4 Å². The van der Waals surface area contributed by atoms with Crippen molar-refractivity contribution < 1.29 is 13.2 Å². The second kappa shape index (κ2) is 6.11. The first-order valence-electron chi connectivity index (χ1n) is 5.16. The first-order valence-corrected chi connectivity index (χ1v) is 7.64. The van der Waals surface area contributed by atoms with Crippen LogP contribution >= 0.6 is 10.7 Å². The third-order valence-electron chi connectivity index (χ3n) is 2.14. The summed E-state index contributed by atoms with van der Waals surface area (Å²) in [6.07, 6.45) is 1.30. The van der Waals surface area contributed by atoms with Crippen LogP contribution in [0.1, 0.15) is 18.9 Å². The Morgan fingerprint density at radius 2 is 2.00 bits per heavy atom. The summed E-state index contributed by atoms with van der Waals surface area (Å²) in [7, 11) is 1.69. The lowest BCUT2D eigenvalue weighted by Gasteiger charge is -2.09. The molecule has 1 rings (SSSR count). The molecule has 0 amide bonds. The zero-order valence-electron chi connectivity index (χ0n) is 9.15. The molecule has 0 aliphatic heterocycles. The van der Waals surface area contributed by atoms with E-state index >= 15 is 0 Å². The van der Waals surface area contributed by atoms with Gasteiger partial charge in [-0.2, -0.15) is 0 Å². The molecule has 0 N–H and O–H groups in total. The SMILES string of the molecule is CCc1ccccc1OCCCS(=O)(=O)Cl. The molecule has 0 saturated carbocycles. The van der Waals surface area contributed by atoms with Crippen molar-refractivity contribution in [1.29, 1.82) is 0 Å². The van der Waals surface area contributed by atoms with Crippen LogP contribution in [0.5, 0.6) is 5.75 Å². The van der Waals surface area contributed by atoms with Crippen molar-refractivity contribution in [3.63, 3.8) is 0 Å². The van der Waals surface area contributed by atoms with Gasteiger partial charge in [-0.1, -0.05) is 25.1 Å². The van der Waals surface area contributed by atoms with Gasteiger partial charge in [-0.3, -0.25) is 0 Å². The number of para-hydroxylation sites is 1. The summed E-state index contributed by atoms with van der Waals surface area (Å²) < 4.78 is 26.9. The van der Waals surface area contributed by atoms with Gasteiger partial charge in [0.1, 0.15) is 5.75 Å². The lowest BCUT2D eigenvalue weighted by Crippen LogP contribution is -2.05. The van der Waals surface area contributed by atoms with Crippen molar-refractivity contribution in [3.05, 3.63) is 29.8 Å². The van der Waals surface area contributed by atoms with Crippen LogP contribution in [0.25, 0.3) is 0 Å². The normalized spacial score (nSPS) is 11.4. The Kier molecular flexibility index (Phi) is 5.09. The zero-order chi connectivity index (χ0) is 12.0. The molecule has 5 heteroatoms. The van der Waals surface area contributed by atoms with E-state index in [0.29, 0.717) is 13.0 Å². The van der Waals surface area contributed by atoms with Crippen LogP contribution in [0.4, 0.5) is 0 Å². The number of hydrogen-bond donors (Lipinski definition) is 0. The zero-order valence-corrected chi connectivity index (χ0v) is 10.7. The molecule has 0 unspecified atom stereocenters. The molecule has 1 aromatic carbocycles. The van der Waals surface area contributed by atoms with E-state index < -0.39 is 9.05 Å². The molecule has 0 fully saturated rings. The summed E-state index contributed by atoms with van der Waals surface area (Å²) in [6.45, 7) is 2.41. The standard InChI is InChI=1S/C11H15ClO3S/c1-2-10-6-3-4-7-11(10)15-8-5-9-16(12,13)14/h3-4,6-7H,2,5,8-9H2,1H3. The van der Waals surface area contributed by atoms with Crippen LogP contribution in [0.2, 0.25) is 0 Å². The highest BCUT2D eigenvalue weighted by Crippen LogP contribution is 2.18. The molecule has 0 bridgehead atoms. The fourth-order valence-electron chi connectivity index (χ4n) is 1.35. The van der Waals surface area contributed by atoms with Gasteiger partial charge in [-0.05, 0) is 24.5 Å². The Morgan fingerprint density at radius 1 is 1.31 bits per heavy atom. The van der Waals surface area contributed by atoms with Crippen LogP contribution < -0.4 is 4.74 Å². The molecule has 90 valence electrons. The molecule has 0 aliphatic rings. The van der Waals surface area contributed by atoms with E-state index in [0.717, 1.165) is 17.7 Å². The fraction of sp³-hybridized carbons (Fsp3) is 0.455.